The number of halogens is 3. The Morgan fingerprint density at radius 1 is 0.868 bits per heavy atom. The first kappa shape index (κ1) is 39.1. The van der Waals surface area contributed by atoms with Crippen molar-refractivity contribution in [3.63, 3.8) is 0 Å². The van der Waals surface area contributed by atoms with Gasteiger partial charge in [-0.2, -0.15) is 8.42 Å². The predicted octanol–water partition coefficient (Wildman–Crippen LogP) is 7.00. The molecule has 3 aromatic rings. The van der Waals surface area contributed by atoms with E-state index in [1.165, 1.54) is 27.4 Å². The Morgan fingerprint density at radius 2 is 1.32 bits per heavy atom. The SMILES string of the molecule is BrCc1cccc(I)c1.CCCc1cccc(OC)c1.CS(=O)(=O)CCc1cccc(I)c1.O=S=O.[C-]#[O+]. The Hall–Kier alpha value is -1.09. The number of sulfone groups is 1. The van der Waals surface area contributed by atoms with Crippen molar-refractivity contribution in [3.8, 4) is 5.75 Å². The molecular weight excluding hydrogens is 818 g/mol. The van der Waals surface area contributed by atoms with Crippen molar-refractivity contribution < 1.29 is 26.2 Å². The van der Waals surface area contributed by atoms with Gasteiger partial charge in [0.25, 0.3) is 0 Å². The van der Waals surface area contributed by atoms with Crippen LogP contribution in [-0.4, -0.2) is 36.0 Å². The molecule has 0 heterocycles. The van der Waals surface area contributed by atoms with Crippen molar-refractivity contribution in [2.24, 2.45) is 0 Å². The number of alkyl halides is 1. The van der Waals surface area contributed by atoms with Gasteiger partial charge < -0.3 is 4.74 Å². The average molecular weight is 849 g/mol. The number of benzene rings is 3. The molecule has 0 atom stereocenters. The molecule has 0 aliphatic rings. The Bertz CT molecular complexity index is 1210. The van der Waals surface area contributed by atoms with Crippen LogP contribution in [0.5, 0.6) is 5.75 Å². The second kappa shape index (κ2) is 24.9. The Kier molecular flexibility index (Phi) is 25.6. The van der Waals surface area contributed by atoms with Gasteiger partial charge in [0.15, 0.2) is 0 Å². The van der Waals surface area contributed by atoms with Gasteiger partial charge >= 0.3 is 22.9 Å². The molecule has 0 aliphatic carbocycles. The van der Waals surface area contributed by atoms with Crippen molar-refractivity contribution in [1.82, 2.24) is 0 Å². The summed E-state index contributed by atoms with van der Waals surface area (Å²) < 4.78 is 53.4. The van der Waals surface area contributed by atoms with Crippen LogP contribution in [0.25, 0.3) is 0 Å². The Balaban J connectivity index is 0. The van der Waals surface area contributed by atoms with E-state index in [4.69, 9.17) is 17.8 Å². The standard InChI is InChI=1S/C10H14O.C9H11IO2S.C7H6BrI.CO.O2S/c1-3-5-9-6-4-7-10(8-9)11-2;1-13(11,12)6-5-8-3-2-4-9(10)7-8;8-5-6-2-1-3-7(9)4-6;1-2;1-3-2/h4,6-8H,3,5H2,1-2H3;2-4,7H,5-6H2,1H3;1-4H,5H2;;. The predicted molar refractivity (Wildman–Crippen MR) is 174 cm³/mol. The second-order valence-electron chi connectivity index (χ2n) is 7.44. The molecule has 0 amide bonds. The summed E-state index contributed by atoms with van der Waals surface area (Å²) in [7, 11) is -1.14. The molecule has 0 saturated carbocycles. The summed E-state index contributed by atoms with van der Waals surface area (Å²) in [6.07, 6.45) is 4.20. The van der Waals surface area contributed by atoms with E-state index in [1.807, 2.05) is 36.4 Å². The zero-order valence-electron chi connectivity index (χ0n) is 21.4. The third kappa shape index (κ3) is 22.9. The quantitative estimate of drug-likeness (QED) is 0.111. The summed E-state index contributed by atoms with van der Waals surface area (Å²) in [6.45, 7) is 6.68. The molecule has 3 rings (SSSR count). The van der Waals surface area contributed by atoms with Crippen LogP contribution in [0.2, 0.25) is 0 Å². The first-order valence-electron chi connectivity index (χ1n) is 11.1. The van der Waals surface area contributed by atoms with Crippen molar-refractivity contribution in [2.45, 2.75) is 31.5 Å². The topological polar surface area (TPSA) is 97.4 Å². The van der Waals surface area contributed by atoms with E-state index in [0.717, 1.165) is 26.6 Å². The summed E-state index contributed by atoms with van der Waals surface area (Å²) in [5.41, 5.74) is 3.77. The van der Waals surface area contributed by atoms with Crippen molar-refractivity contribution in [1.29, 1.82) is 0 Å². The minimum atomic E-state index is -2.84. The van der Waals surface area contributed by atoms with Crippen molar-refractivity contribution >= 4 is 82.5 Å². The van der Waals surface area contributed by atoms with Gasteiger partial charge in [-0.3, -0.25) is 0 Å². The molecule has 0 N–H and O–H groups in total. The first-order chi connectivity index (χ1) is 18.1. The van der Waals surface area contributed by atoms with Crippen LogP contribution >= 0.6 is 61.1 Å². The third-order valence-corrected chi connectivity index (χ3v) is 7.30. The van der Waals surface area contributed by atoms with E-state index in [9.17, 15) is 8.42 Å². The molecule has 11 heteroatoms. The van der Waals surface area contributed by atoms with Gasteiger partial charge in [-0.25, -0.2) is 8.42 Å². The molecule has 0 radical (unpaired) electrons. The fraction of sp³-hybridized carbons (Fsp3) is 0.296. The average Bonchev–Trinajstić information content (AvgIpc) is 2.90. The van der Waals surface area contributed by atoms with E-state index in [-0.39, 0.29) is 5.75 Å². The molecule has 0 aromatic heterocycles. The van der Waals surface area contributed by atoms with Gasteiger partial charge in [0, 0.05) is 18.7 Å². The van der Waals surface area contributed by atoms with Gasteiger partial charge in [-0.15, -0.1) is 0 Å². The molecule has 208 valence electrons. The van der Waals surface area contributed by atoms with Crippen LogP contribution in [0, 0.1) is 13.8 Å². The van der Waals surface area contributed by atoms with Crippen molar-refractivity contribution in [2.75, 3.05) is 19.1 Å². The minimum absolute atomic E-state index is 0.229. The van der Waals surface area contributed by atoms with Gasteiger partial charge in [0.2, 0.25) is 0 Å². The number of ether oxygens (including phenoxy) is 1. The molecule has 0 bridgehead atoms. The monoisotopic (exact) mass is 848 g/mol. The zero-order chi connectivity index (χ0) is 29.4. The van der Waals surface area contributed by atoms with Crippen LogP contribution in [0.3, 0.4) is 0 Å². The van der Waals surface area contributed by atoms with E-state index in [1.54, 1.807) is 7.11 Å². The maximum absolute atomic E-state index is 10.9. The molecule has 0 aliphatic heterocycles. The summed E-state index contributed by atoms with van der Waals surface area (Å²) in [6, 6.07) is 24.5. The molecule has 0 unspecified atom stereocenters. The van der Waals surface area contributed by atoms with E-state index >= 15 is 0 Å². The fourth-order valence-electron chi connectivity index (χ4n) is 2.73. The number of aryl methyl sites for hydroxylation is 2. The van der Waals surface area contributed by atoms with Crippen LogP contribution in [-0.2, 0) is 44.2 Å². The Labute approximate surface area is 266 Å². The van der Waals surface area contributed by atoms with Gasteiger partial charge in [-0.05, 0) is 111 Å². The Morgan fingerprint density at radius 3 is 1.71 bits per heavy atom. The van der Waals surface area contributed by atoms with Crippen LogP contribution < -0.4 is 4.74 Å². The summed E-state index contributed by atoms with van der Waals surface area (Å²) in [4.78, 5) is 0. The van der Waals surface area contributed by atoms with Crippen LogP contribution in [0.4, 0.5) is 0 Å². The molecule has 0 saturated heterocycles. The fourth-order valence-corrected chi connectivity index (χ4v) is 4.90. The van der Waals surface area contributed by atoms with Gasteiger partial charge in [0.1, 0.15) is 15.6 Å². The van der Waals surface area contributed by atoms with Gasteiger partial charge in [-0.1, -0.05) is 65.7 Å². The van der Waals surface area contributed by atoms with Crippen LogP contribution in [0.15, 0.2) is 72.8 Å². The molecule has 0 fully saturated rings. The van der Waals surface area contributed by atoms with E-state index in [2.05, 4.69) is 111 Å². The van der Waals surface area contributed by atoms with E-state index < -0.39 is 21.4 Å². The summed E-state index contributed by atoms with van der Waals surface area (Å²) >= 11 is 7.16. The molecule has 6 nitrogen and oxygen atoms in total. The number of hydrogen-bond donors (Lipinski definition) is 0. The number of methoxy groups -OCH3 is 1. The summed E-state index contributed by atoms with van der Waals surface area (Å²) in [5, 5.41) is 0.948. The van der Waals surface area contributed by atoms with Crippen LogP contribution in [0.1, 0.15) is 30.0 Å². The molecule has 0 spiro atoms. The van der Waals surface area contributed by atoms with E-state index in [0.29, 0.717) is 6.42 Å². The zero-order valence-corrected chi connectivity index (χ0v) is 28.9. The maximum atomic E-state index is 10.9. The second-order valence-corrected chi connectivity index (χ2v) is 12.9. The third-order valence-electron chi connectivity index (χ3n) is 4.37. The molecular formula is C27H31BrI2O6S2. The number of hydrogen-bond acceptors (Lipinski definition) is 5. The normalized spacial score (nSPS) is 9.37. The molecule has 3 aromatic carbocycles. The first-order valence-corrected chi connectivity index (χ1v) is 17.1. The molecule has 38 heavy (non-hydrogen) atoms. The summed E-state index contributed by atoms with van der Waals surface area (Å²) in [5.74, 6) is 1.18. The van der Waals surface area contributed by atoms with Crippen molar-refractivity contribution in [3.05, 3.63) is 103 Å². The number of rotatable bonds is 7. The van der Waals surface area contributed by atoms with Gasteiger partial charge in [0.05, 0.1) is 12.9 Å².